The summed E-state index contributed by atoms with van der Waals surface area (Å²) in [6.07, 6.45) is 6.80. The highest BCUT2D eigenvalue weighted by Gasteiger charge is 2.22. The van der Waals surface area contributed by atoms with E-state index in [9.17, 15) is 14.0 Å². The molecule has 1 aromatic heterocycles. The molecule has 1 aliphatic rings. The number of amides is 1. The molecule has 1 aliphatic carbocycles. The Morgan fingerprint density at radius 3 is 2.73 bits per heavy atom. The van der Waals surface area contributed by atoms with Crippen molar-refractivity contribution >= 4 is 40.3 Å². The molecule has 0 saturated heterocycles. The first-order valence-corrected chi connectivity index (χ1v) is 13.4. The molecule has 0 atom stereocenters. The largest absolute Gasteiger partial charge is 0.493 e. The van der Waals surface area contributed by atoms with Crippen LogP contribution in [0.1, 0.15) is 49.4 Å². The van der Waals surface area contributed by atoms with Gasteiger partial charge in [0.2, 0.25) is 0 Å². The molecule has 4 aromatic rings. The molecule has 0 spiro atoms. The molecular weight excluding hydrogens is 535 g/mol. The number of carbonyl (C=O) groups is 1. The van der Waals surface area contributed by atoms with Crippen LogP contribution in [0.15, 0.2) is 70.6 Å². The lowest BCUT2D eigenvalue weighted by atomic mass is 9.88. The minimum absolute atomic E-state index is 0.149. The van der Waals surface area contributed by atoms with Crippen LogP contribution in [-0.2, 0) is 4.79 Å². The van der Waals surface area contributed by atoms with Crippen molar-refractivity contribution in [3.8, 4) is 11.5 Å². The monoisotopic (exact) mass is 562 g/mol. The molecule has 40 heavy (non-hydrogen) atoms. The lowest BCUT2D eigenvalue weighted by molar-refractivity contribution is -0.118. The van der Waals surface area contributed by atoms with Crippen LogP contribution >= 0.6 is 11.6 Å². The van der Waals surface area contributed by atoms with Crippen LogP contribution in [0.3, 0.4) is 0 Å². The van der Waals surface area contributed by atoms with Crippen LogP contribution in [0, 0.1) is 5.82 Å². The van der Waals surface area contributed by atoms with Crippen molar-refractivity contribution in [2.45, 2.75) is 38.0 Å². The van der Waals surface area contributed by atoms with Gasteiger partial charge in [-0.25, -0.2) is 9.37 Å². The summed E-state index contributed by atoms with van der Waals surface area (Å²) in [5.41, 5.74) is 1.30. The standard InChI is InChI=1S/C30H28ClFN4O4/c1-39-26-15-19(14-24(31)28(26)40-18-27(37)34-22-11-7-10-21(32)16-22)17-33-36-29(20-8-3-2-4-9-20)35-25-13-6-5-12-23(25)30(36)38/h5-7,10-17,20H,2-4,8-9,18H2,1H3,(H,34,37). The number of hydrogen-bond donors (Lipinski definition) is 1. The predicted octanol–water partition coefficient (Wildman–Crippen LogP) is 6.15. The van der Waals surface area contributed by atoms with Crippen LogP contribution in [0.4, 0.5) is 10.1 Å². The molecule has 8 nitrogen and oxygen atoms in total. The number of halogens is 2. The first-order valence-electron chi connectivity index (χ1n) is 13.0. The molecule has 0 unspecified atom stereocenters. The van der Waals surface area contributed by atoms with Gasteiger partial charge in [0.1, 0.15) is 11.6 Å². The van der Waals surface area contributed by atoms with Crippen molar-refractivity contribution in [3.63, 3.8) is 0 Å². The summed E-state index contributed by atoms with van der Waals surface area (Å²) in [5.74, 6) is 0.297. The van der Waals surface area contributed by atoms with Gasteiger partial charge in [-0.3, -0.25) is 9.59 Å². The molecule has 1 heterocycles. The lowest BCUT2D eigenvalue weighted by Crippen LogP contribution is -2.25. The highest BCUT2D eigenvalue weighted by molar-refractivity contribution is 6.32. The number of methoxy groups -OCH3 is 1. The van der Waals surface area contributed by atoms with Gasteiger partial charge < -0.3 is 14.8 Å². The van der Waals surface area contributed by atoms with Crippen molar-refractivity contribution in [2.24, 2.45) is 5.10 Å². The zero-order valence-corrected chi connectivity index (χ0v) is 22.7. The Labute approximate surface area is 235 Å². The molecule has 1 amide bonds. The summed E-state index contributed by atoms with van der Waals surface area (Å²) in [4.78, 5) is 30.6. The Kier molecular flexibility index (Phi) is 8.40. The zero-order chi connectivity index (χ0) is 28.1. The van der Waals surface area contributed by atoms with Crippen LogP contribution in [0.2, 0.25) is 5.02 Å². The minimum Gasteiger partial charge on any atom is -0.493 e. The highest BCUT2D eigenvalue weighted by atomic mass is 35.5. The maximum Gasteiger partial charge on any atom is 0.282 e. The van der Waals surface area contributed by atoms with Crippen molar-refractivity contribution in [1.82, 2.24) is 9.66 Å². The normalized spacial score (nSPS) is 14.0. The second-order valence-electron chi connectivity index (χ2n) is 9.56. The number of aromatic nitrogens is 2. The summed E-state index contributed by atoms with van der Waals surface area (Å²) >= 11 is 6.49. The number of hydrogen-bond acceptors (Lipinski definition) is 6. The third-order valence-corrected chi connectivity index (χ3v) is 7.06. The third kappa shape index (κ3) is 6.15. The van der Waals surface area contributed by atoms with Gasteiger partial charge in [-0.15, -0.1) is 0 Å². The van der Waals surface area contributed by atoms with E-state index in [1.54, 1.807) is 24.3 Å². The van der Waals surface area contributed by atoms with Gasteiger partial charge >= 0.3 is 0 Å². The Morgan fingerprint density at radius 2 is 1.95 bits per heavy atom. The average molecular weight is 563 g/mol. The van der Waals surface area contributed by atoms with E-state index in [0.29, 0.717) is 28.0 Å². The predicted molar refractivity (Wildman–Crippen MR) is 153 cm³/mol. The molecule has 1 saturated carbocycles. The molecule has 0 aliphatic heterocycles. The minimum atomic E-state index is -0.493. The van der Waals surface area contributed by atoms with E-state index in [4.69, 9.17) is 26.1 Å². The van der Waals surface area contributed by atoms with E-state index in [1.165, 1.54) is 42.6 Å². The molecule has 10 heteroatoms. The van der Waals surface area contributed by atoms with E-state index >= 15 is 0 Å². The molecule has 0 radical (unpaired) electrons. The maximum absolute atomic E-state index is 13.4. The molecule has 5 rings (SSSR count). The maximum atomic E-state index is 13.4. The first-order chi connectivity index (χ1) is 19.4. The van der Waals surface area contributed by atoms with Crippen LogP contribution < -0.4 is 20.3 Å². The first kappa shape index (κ1) is 27.3. The van der Waals surface area contributed by atoms with Crippen molar-refractivity contribution < 1.29 is 18.7 Å². The SMILES string of the molecule is COc1cc(C=Nn2c(C3CCCCC3)nc3ccccc3c2=O)cc(Cl)c1OCC(=O)Nc1cccc(F)c1. The molecular formula is C30H28ClFN4O4. The summed E-state index contributed by atoms with van der Waals surface area (Å²) in [6, 6.07) is 16.1. The van der Waals surface area contributed by atoms with E-state index in [2.05, 4.69) is 10.4 Å². The fourth-order valence-electron chi connectivity index (χ4n) is 4.86. The second-order valence-corrected chi connectivity index (χ2v) is 9.97. The lowest BCUT2D eigenvalue weighted by Gasteiger charge is -2.22. The van der Waals surface area contributed by atoms with Crippen LogP contribution in [0.5, 0.6) is 11.5 Å². The smallest absolute Gasteiger partial charge is 0.282 e. The van der Waals surface area contributed by atoms with E-state index in [1.807, 2.05) is 18.2 Å². The quantitative estimate of drug-likeness (QED) is 0.260. The summed E-state index contributed by atoms with van der Waals surface area (Å²) < 4.78 is 25.9. The van der Waals surface area contributed by atoms with Crippen molar-refractivity contribution in [2.75, 3.05) is 19.0 Å². The van der Waals surface area contributed by atoms with Crippen molar-refractivity contribution in [3.05, 3.63) is 93.2 Å². The van der Waals surface area contributed by atoms with Gasteiger partial charge in [-0.2, -0.15) is 9.78 Å². The number of nitrogens with zero attached hydrogens (tertiary/aromatic N) is 3. The number of anilines is 1. The Hall–Kier alpha value is -4.24. The van der Waals surface area contributed by atoms with Crippen LogP contribution in [0.25, 0.3) is 10.9 Å². The summed E-state index contributed by atoms with van der Waals surface area (Å²) in [6.45, 7) is -0.372. The Bertz CT molecular complexity index is 1630. The molecule has 3 aromatic carbocycles. The van der Waals surface area contributed by atoms with E-state index < -0.39 is 11.7 Å². The number of ether oxygens (including phenoxy) is 2. The summed E-state index contributed by atoms with van der Waals surface area (Å²) in [7, 11) is 1.45. The summed E-state index contributed by atoms with van der Waals surface area (Å²) in [5, 5.41) is 7.79. The van der Waals surface area contributed by atoms with Gasteiger partial charge in [0.05, 0.1) is 29.2 Å². The zero-order valence-electron chi connectivity index (χ0n) is 21.9. The number of benzene rings is 3. The molecule has 1 fully saturated rings. The number of rotatable bonds is 8. The van der Waals surface area contributed by atoms with Gasteiger partial charge in [-0.1, -0.05) is 49.1 Å². The number of para-hydroxylation sites is 1. The van der Waals surface area contributed by atoms with Gasteiger partial charge in [0.15, 0.2) is 18.1 Å². The van der Waals surface area contributed by atoms with Gasteiger partial charge in [-0.05, 0) is 60.9 Å². The molecule has 1 N–H and O–H groups in total. The second kappa shape index (κ2) is 12.3. The number of carbonyl (C=O) groups excluding carboxylic acids is 1. The number of nitrogens with one attached hydrogen (secondary N) is 1. The van der Waals surface area contributed by atoms with Crippen molar-refractivity contribution in [1.29, 1.82) is 0 Å². The van der Waals surface area contributed by atoms with E-state index in [-0.39, 0.29) is 34.6 Å². The molecule has 206 valence electrons. The Morgan fingerprint density at radius 1 is 1.15 bits per heavy atom. The van der Waals surface area contributed by atoms with Gasteiger partial charge in [0, 0.05) is 11.6 Å². The fraction of sp³-hybridized carbons (Fsp3) is 0.267. The van der Waals surface area contributed by atoms with Gasteiger partial charge in [0.25, 0.3) is 11.5 Å². The Balaban J connectivity index is 1.40. The molecule has 0 bridgehead atoms. The van der Waals surface area contributed by atoms with E-state index in [0.717, 1.165) is 25.7 Å². The third-order valence-electron chi connectivity index (χ3n) is 6.78. The topological polar surface area (TPSA) is 94.8 Å². The fourth-order valence-corrected chi connectivity index (χ4v) is 5.13. The van der Waals surface area contributed by atoms with Crippen LogP contribution in [-0.4, -0.2) is 35.5 Å². The highest BCUT2D eigenvalue weighted by Crippen LogP contribution is 2.36. The number of fused-ring (bicyclic) bond motifs is 1. The average Bonchev–Trinajstić information content (AvgIpc) is 2.96.